The van der Waals surface area contributed by atoms with Gasteiger partial charge in [-0.25, -0.2) is 4.98 Å². The molecular formula is C16H12ClF3N6O2. The van der Waals surface area contributed by atoms with Crippen LogP contribution in [0.25, 0.3) is 11.4 Å². The van der Waals surface area contributed by atoms with Gasteiger partial charge in [-0.15, -0.1) is 10.2 Å². The van der Waals surface area contributed by atoms with Crippen molar-refractivity contribution in [2.24, 2.45) is 0 Å². The smallest absolute Gasteiger partial charge is 0.417 e. The molecule has 0 aliphatic carbocycles. The summed E-state index contributed by atoms with van der Waals surface area (Å²) in [7, 11) is 1.52. The van der Waals surface area contributed by atoms with E-state index in [1.807, 2.05) is 0 Å². The maximum atomic E-state index is 12.6. The Bertz CT molecular complexity index is 1010. The molecule has 0 spiro atoms. The van der Waals surface area contributed by atoms with Crippen LogP contribution in [-0.2, 0) is 17.5 Å². The molecule has 2 heterocycles. The number of alkyl halides is 3. The molecular weight excluding hydrogens is 401 g/mol. The van der Waals surface area contributed by atoms with Crippen molar-refractivity contribution in [2.75, 3.05) is 12.4 Å². The first-order valence-corrected chi connectivity index (χ1v) is 8.09. The second-order valence-corrected chi connectivity index (χ2v) is 5.88. The number of nitrogens with zero attached hydrogens (tertiary/aromatic N) is 5. The molecule has 1 N–H and O–H groups in total. The average molecular weight is 413 g/mol. The van der Waals surface area contributed by atoms with E-state index in [0.29, 0.717) is 23.6 Å². The predicted molar refractivity (Wildman–Crippen MR) is 92.7 cm³/mol. The van der Waals surface area contributed by atoms with Gasteiger partial charge in [0.25, 0.3) is 0 Å². The third kappa shape index (κ3) is 4.55. The highest BCUT2D eigenvalue weighted by atomic mass is 35.5. The third-order valence-corrected chi connectivity index (χ3v) is 3.78. The second-order valence-electron chi connectivity index (χ2n) is 5.48. The topological polar surface area (TPSA) is 94.8 Å². The van der Waals surface area contributed by atoms with Crippen LogP contribution in [-0.4, -0.2) is 38.2 Å². The fraction of sp³-hybridized carbons (Fsp3) is 0.188. The molecule has 3 aromatic rings. The molecule has 0 unspecified atom stereocenters. The third-order valence-electron chi connectivity index (χ3n) is 3.49. The number of tetrazole rings is 1. The number of rotatable bonds is 5. The fourth-order valence-corrected chi connectivity index (χ4v) is 2.39. The highest BCUT2D eigenvalue weighted by molar-refractivity contribution is 6.33. The van der Waals surface area contributed by atoms with Crippen LogP contribution >= 0.6 is 11.6 Å². The number of anilines is 1. The molecule has 1 aromatic carbocycles. The van der Waals surface area contributed by atoms with E-state index in [-0.39, 0.29) is 23.2 Å². The van der Waals surface area contributed by atoms with Crippen molar-refractivity contribution in [1.29, 1.82) is 0 Å². The number of halogens is 4. The number of hydrogen-bond donors (Lipinski definition) is 1. The summed E-state index contributed by atoms with van der Waals surface area (Å²) in [6.07, 6.45) is -4.00. The summed E-state index contributed by atoms with van der Waals surface area (Å²) in [5, 5.41) is 13.7. The molecule has 2 aromatic heterocycles. The van der Waals surface area contributed by atoms with E-state index < -0.39 is 17.6 Å². The van der Waals surface area contributed by atoms with Crippen molar-refractivity contribution in [1.82, 2.24) is 25.2 Å². The zero-order valence-electron chi connectivity index (χ0n) is 14.2. The van der Waals surface area contributed by atoms with Crippen molar-refractivity contribution in [2.45, 2.75) is 12.7 Å². The molecule has 0 aliphatic rings. The Kier molecular flexibility index (Phi) is 5.45. The average Bonchev–Trinajstić information content (AvgIpc) is 3.11. The molecule has 0 fully saturated rings. The molecule has 3 rings (SSSR count). The highest BCUT2D eigenvalue weighted by Gasteiger charge is 2.31. The summed E-state index contributed by atoms with van der Waals surface area (Å²) in [5.74, 6) is 0.0450. The van der Waals surface area contributed by atoms with E-state index in [2.05, 4.69) is 25.7 Å². The van der Waals surface area contributed by atoms with Gasteiger partial charge in [-0.05, 0) is 23.4 Å². The Labute approximate surface area is 161 Å². The molecule has 0 saturated carbocycles. The number of nitrogens with one attached hydrogen (secondary N) is 1. The number of aromatic nitrogens is 5. The molecule has 0 saturated heterocycles. The van der Waals surface area contributed by atoms with Gasteiger partial charge in [-0.2, -0.15) is 18.0 Å². The lowest BCUT2D eigenvalue weighted by molar-refractivity contribution is -0.137. The Balaban J connectivity index is 1.68. The zero-order chi connectivity index (χ0) is 20.3. The van der Waals surface area contributed by atoms with Crippen LogP contribution in [0, 0.1) is 0 Å². The number of carbonyl (C=O) groups is 1. The summed E-state index contributed by atoms with van der Waals surface area (Å²) in [6, 6.07) is 7.63. The van der Waals surface area contributed by atoms with Crippen LogP contribution in [0.5, 0.6) is 5.75 Å². The van der Waals surface area contributed by atoms with Crippen molar-refractivity contribution in [3.8, 4) is 17.1 Å². The Morgan fingerprint density at radius 2 is 2.11 bits per heavy atom. The van der Waals surface area contributed by atoms with Gasteiger partial charge in [0.15, 0.2) is 5.82 Å². The number of ether oxygens (including phenoxy) is 1. The van der Waals surface area contributed by atoms with Gasteiger partial charge < -0.3 is 10.1 Å². The monoisotopic (exact) mass is 412 g/mol. The van der Waals surface area contributed by atoms with Gasteiger partial charge in [-0.3, -0.25) is 4.79 Å². The van der Waals surface area contributed by atoms with Gasteiger partial charge >= 0.3 is 6.18 Å². The SMILES string of the molecule is COc1cccc(-c2nnn(CC(=O)Nc3ncc(C(F)(F)F)cc3Cl)n2)c1. The number of carbonyl (C=O) groups excluding carboxylic acids is 1. The summed E-state index contributed by atoms with van der Waals surface area (Å²) in [6.45, 7) is -0.337. The number of benzene rings is 1. The van der Waals surface area contributed by atoms with Gasteiger partial charge in [0, 0.05) is 11.8 Å². The van der Waals surface area contributed by atoms with E-state index in [0.717, 1.165) is 4.80 Å². The predicted octanol–water partition coefficient (Wildman–Crippen LogP) is 3.05. The molecule has 0 bridgehead atoms. The largest absolute Gasteiger partial charge is 0.497 e. The molecule has 1 amide bonds. The number of pyridine rings is 1. The van der Waals surface area contributed by atoms with Gasteiger partial charge in [0.1, 0.15) is 12.3 Å². The summed E-state index contributed by atoms with van der Waals surface area (Å²) < 4.78 is 43.0. The van der Waals surface area contributed by atoms with E-state index in [1.54, 1.807) is 24.3 Å². The first-order valence-electron chi connectivity index (χ1n) is 7.71. The van der Waals surface area contributed by atoms with Crippen LogP contribution in [0.2, 0.25) is 5.02 Å². The molecule has 0 aliphatic heterocycles. The Morgan fingerprint density at radius 3 is 2.79 bits per heavy atom. The number of methoxy groups -OCH3 is 1. The second kappa shape index (κ2) is 7.80. The lowest BCUT2D eigenvalue weighted by Crippen LogP contribution is -2.21. The summed E-state index contributed by atoms with van der Waals surface area (Å²) >= 11 is 5.76. The first-order chi connectivity index (χ1) is 13.3. The zero-order valence-corrected chi connectivity index (χ0v) is 15.0. The standard InChI is InChI=1S/C16H12ClF3N6O2/c1-28-11-4-2-3-9(5-11)14-23-25-26(24-14)8-13(27)22-15-12(17)6-10(7-21-15)16(18,19)20/h2-7H,8H2,1H3,(H,21,22,27). The summed E-state index contributed by atoms with van der Waals surface area (Å²) in [5.41, 5.74) is -0.380. The minimum absolute atomic E-state index is 0.201. The lowest BCUT2D eigenvalue weighted by Gasteiger charge is -2.09. The number of amides is 1. The molecule has 8 nitrogen and oxygen atoms in total. The number of hydrogen-bond acceptors (Lipinski definition) is 6. The molecule has 146 valence electrons. The van der Waals surface area contributed by atoms with E-state index in [1.165, 1.54) is 7.11 Å². The lowest BCUT2D eigenvalue weighted by atomic mass is 10.2. The van der Waals surface area contributed by atoms with Gasteiger partial charge in [0.05, 0.1) is 17.7 Å². The van der Waals surface area contributed by atoms with E-state index in [9.17, 15) is 18.0 Å². The van der Waals surface area contributed by atoms with Crippen molar-refractivity contribution < 1.29 is 22.7 Å². The summed E-state index contributed by atoms with van der Waals surface area (Å²) in [4.78, 5) is 16.6. The Hall–Kier alpha value is -3.21. The molecule has 0 atom stereocenters. The van der Waals surface area contributed by atoms with Crippen LogP contribution < -0.4 is 10.1 Å². The fourth-order valence-electron chi connectivity index (χ4n) is 2.17. The first kappa shape index (κ1) is 19.5. The minimum Gasteiger partial charge on any atom is -0.497 e. The van der Waals surface area contributed by atoms with Gasteiger partial charge in [0.2, 0.25) is 11.7 Å². The quantitative estimate of drug-likeness (QED) is 0.692. The Morgan fingerprint density at radius 1 is 1.32 bits per heavy atom. The maximum Gasteiger partial charge on any atom is 0.417 e. The molecule has 12 heteroatoms. The van der Waals surface area contributed by atoms with E-state index >= 15 is 0 Å². The van der Waals surface area contributed by atoms with Crippen LogP contribution in [0.3, 0.4) is 0 Å². The van der Waals surface area contributed by atoms with Crippen LogP contribution in [0.4, 0.5) is 19.0 Å². The molecule has 0 radical (unpaired) electrons. The van der Waals surface area contributed by atoms with Crippen molar-refractivity contribution in [3.05, 3.63) is 47.1 Å². The van der Waals surface area contributed by atoms with Crippen molar-refractivity contribution >= 4 is 23.3 Å². The highest BCUT2D eigenvalue weighted by Crippen LogP contribution is 2.32. The minimum atomic E-state index is -4.58. The normalized spacial score (nSPS) is 11.3. The van der Waals surface area contributed by atoms with E-state index in [4.69, 9.17) is 16.3 Å². The van der Waals surface area contributed by atoms with Gasteiger partial charge in [-0.1, -0.05) is 23.7 Å². The molecule has 28 heavy (non-hydrogen) atoms. The van der Waals surface area contributed by atoms with Crippen LogP contribution in [0.1, 0.15) is 5.56 Å². The maximum absolute atomic E-state index is 12.6. The van der Waals surface area contributed by atoms with Crippen molar-refractivity contribution in [3.63, 3.8) is 0 Å². The van der Waals surface area contributed by atoms with Crippen LogP contribution in [0.15, 0.2) is 36.5 Å².